The molecule has 0 spiro atoms. The molecule has 0 saturated heterocycles. The third-order valence-electron chi connectivity index (χ3n) is 2.82. The van der Waals surface area contributed by atoms with Crippen molar-refractivity contribution >= 4 is 0 Å². The van der Waals surface area contributed by atoms with Gasteiger partial charge in [0.2, 0.25) is 0 Å². The molecule has 0 heteroatoms. The first kappa shape index (κ1) is 7.84. The number of hydrogen-bond donors (Lipinski definition) is 0. The zero-order valence-corrected chi connectivity index (χ0v) is 7.19. The molecule has 0 heterocycles. The fourth-order valence-electron chi connectivity index (χ4n) is 1.89. The second kappa shape index (κ2) is 3.23. The van der Waals surface area contributed by atoms with E-state index in [1.807, 2.05) is 0 Å². The fraction of sp³-hybridized carbons (Fsp3) is 0.800. The highest BCUT2D eigenvalue weighted by molar-refractivity contribution is 4.99. The summed E-state index contributed by atoms with van der Waals surface area (Å²) in [5.41, 5.74) is 1.40. The van der Waals surface area contributed by atoms with E-state index in [-0.39, 0.29) is 0 Å². The van der Waals surface area contributed by atoms with Gasteiger partial charge in [0.05, 0.1) is 0 Å². The van der Waals surface area contributed by atoms with Gasteiger partial charge in [-0.05, 0) is 38.0 Å². The van der Waals surface area contributed by atoms with Crippen molar-refractivity contribution in [2.24, 2.45) is 11.8 Å². The van der Waals surface area contributed by atoms with E-state index in [9.17, 15) is 0 Å². The Morgan fingerprint density at radius 1 is 1.50 bits per heavy atom. The molecule has 2 atom stereocenters. The van der Waals surface area contributed by atoms with Gasteiger partial charge >= 0.3 is 0 Å². The van der Waals surface area contributed by atoms with Crippen LogP contribution in [0.25, 0.3) is 0 Å². The highest BCUT2D eigenvalue weighted by atomic mass is 14.3. The van der Waals surface area contributed by atoms with Crippen LogP contribution in [0.4, 0.5) is 0 Å². The normalized spacial score (nSPS) is 32.6. The monoisotopic (exact) mass is 138 g/mol. The second-order valence-electron chi connectivity index (χ2n) is 3.63. The summed E-state index contributed by atoms with van der Waals surface area (Å²) in [6, 6.07) is 0. The van der Waals surface area contributed by atoms with Gasteiger partial charge in [-0.25, -0.2) is 0 Å². The Balaban J connectivity index is 2.35. The molecule has 0 N–H and O–H groups in total. The quantitative estimate of drug-likeness (QED) is 0.513. The zero-order chi connectivity index (χ0) is 7.56. The van der Waals surface area contributed by atoms with E-state index in [4.69, 9.17) is 0 Å². The largest absolute Gasteiger partial charge is 0.0999 e. The van der Waals surface area contributed by atoms with Crippen LogP contribution in [-0.2, 0) is 0 Å². The summed E-state index contributed by atoms with van der Waals surface area (Å²) in [5, 5.41) is 0. The number of hydrogen-bond acceptors (Lipinski definition) is 0. The Bertz CT molecular complexity index is 124. The van der Waals surface area contributed by atoms with Gasteiger partial charge in [0.1, 0.15) is 0 Å². The average Bonchev–Trinajstić information content (AvgIpc) is 2.34. The summed E-state index contributed by atoms with van der Waals surface area (Å²) < 4.78 is 0. The SMILES string of the molecule is C=C(C)C1CCC(CC)C1. The topological polar surface area (TPSA) is 0 Å². The minimum absolute atomic E-state index is 0.852. The molecule has 1 saturated carbocycles. The molecule has 0 radical (unpaired) electrons. The van der Waals surface area contributed by atoms with Crippen LogP contribution in [0.5, 0.6) is 0 Å². The molecule has 0 nitrogen and oxygen atoms in total. The van der Waals surface area contributed by atoms with Gasteiger partial charge in [-0.3, -0.25) is 0 Å². The molecule has 0 aliphatic heterocycles. The van der Waals surface area contributed by atoms with Gasteiger partial charge in [-0.2, -0.15) is 0 Å². The minimum Gasteiger partial charge on any atom is -0.0999 e. The number of allylic oxidation sites excluding steroid dienone is 1. The lowest BCUT2D eigenvalue weighted by Gasteiger charge is -2.08. The Morgan fingerprint density at radius 2 is 2.20 bits per heavy atom. The summed E-state index contributed by atoms with van der Waals surface area (Å²) in [6.45, 7) is 8.47. The highest BCUT2D eigenvalue weighted by Gasteiger charge is 2.22. The first-order valence-corrected chi connectivity index (χ1v) is 4.39. The Hall–Kier alpha value is -0.260. The van der Waals surface area contributed by atoms with Gasteiger partial charge in [0, 0.05) is 0 Å². The van der Waals surface area contributed by atoms with Crippen molar-refractivity contribution in [2.45, 2.75) is 39.5 Å². The van der Waals surface area contributed by atoms with Crippen molar-refractivity contribution in [1.29, 1.82) is 0 Å². The first-order chi connectivity index (χ1) is 4.74. The molecule has 1 aliphatic rings. The Morgan fingerprint density at radius 3 is 2.50 bits per heavy atom. The van der Waals surface area contributed by atoms with Gasteiger partial charge in [-0.15, -0.1) is 0 Å². The molecule has 10 heavy (non-hydrogen) atoms. The van der Waals surface area contributed by atoms with E-state index in [1.165, 1.54) is 31.3 Å². The van der Waals surface area contributed by atoms with Crippen LogP contribution in [0.1, 0.15) is 39.5 Å². The van der Waals surface area contributed by atoms with Crippen LogP contribution in [0.2, 0.25) is 0 Å². The van der Waals surface area contributed by atoms with Crippen LogP contribution in [0.3, 0.4) is 0 Å². The van der Waals surface area contributed by atoms with Crippen molar-refractivity contribution in [3.63, 3.8) is 0 Å². The predicted molar refractivity (Wildman–Crippen MR) is 45.9 cm³/mol. The summed E-state index contributed by atoms with van der Waals surface area (Å²) >= 11 is 0. The van der Waals surface area contributed by atoms with Gasteiger partial charge in [0.15, 0.2) is 0 Å². The summed E-state index contributed by atoms with van der Waals surface area (Å²) in [7, 11) is 0. The predicted octanol–water partition coefficient (Wildman–Crippen LogP) is 3.39. The maximum Gasteiger partial charge on any atom is -0.0206 e. The van der Waals surface area contributed by atoms with Gasteiger partial charge in [-0.1, -0.05) is 25.5 Å². The molecule has 1 fully saturated rings. The molecule has 0 bridgehead atoms. The molecule has 0 aromatic heterocycles. The summed E-state index contributed by atoms with van der Waals surface area (Å²) in [6.07, 6.45) is 5.61. The van der Waals surface area contributed by atoms with E-state index in [1.54, 1.807) is 0 Å². The average molecular weight is 138 g/mol. The van der Waals surface area contributed by atoms with E-state index in [2.05, 4.69) is 20.4 Å². The zero-order valence-electron chi connectivity index (χ0n) is 7.19. The molecule has 1 aliphatic carbocycles. The van der Waals surface area contributed by atoms with E-state index >= 15 is 0 Å². The van der Waals surface area contributed by atoms with Crippen LogP contribution >= 0.6 is 0 Å². The Labute approximate surface area is 64.3 Å². The minimum atomic E-state index is 0.852. The van der Waals surface area contributed by atoms with Gasteiger partial charge in [0.25, 0.3) is 0 Å². The smallest absolute Gasteiger partial charge is 0.0206 e. The highest BCUT2D eigenvalue weighted by Crippen LogP contribution is 2.36. The maximum atomic E-state index is 4.01. The molecule has 0 aromatic carbocycles. The van der Waals surface area contributed by atoms with E-state index in [0.717, 1.165) is 11.8 Å². The Kier molecular flexibility index (Phi) is 2.53. The lowest BCUT2D eigenvalue weighted by molar-refractivity contribution is 0.509. The van der Waals surface area contributed by atoms with Crippen molar-refractivity contribution in [1.82, 2.24) is 0 Å². The third-order valence-corrected chi connectivity index (χ3v) is 2.82. The van der Waals surface area contributed by atoms with Gasteiger partial charge < -0.3 is 0 Å². The lowest BCUT2D eigenvalue weighted by Crippen LogP contribution is -1.95. The number of rotatable bonds is 2. The molecule has 0 aromatic rings. The lowest BCUT2D eigenvalue weighted by atomic mass is 9.98. The standard InChI is InChI=1S/C10H18/c1-4-9-5-6-10(7-9)8(2)3/h9-10H,2,4-7H2,1,3H3. The van der Waals surface area contributed by atoms with Crippen molar-refractivity contribution < 1.29 is 0 Å². The van der Waals surface area contributed by atoms with E-state index in [0.29, 0.717) is 0 Å². The molecule has 1 rings (SSSR count). The fourth-order valence-corrected chi connectivity index (χ4v) is 1.89. The van der Waals surface area contributed by atoms with E-state index < -0.39 is 0 Å². The summed E-state index contributed by atoms with van der Waals surface area (Å²) in [4.78, 5) is 0. The van der Waals surface area contributed by atoms with Crippen LogP contribution in [0.15, 0.2) is 12.2 Å². The van der Waals surface area contributed by atoms with Crippen LogP contribution in [0, 0.1) is 11.8 Å². The summed E-state index contributed by atoms with van der Waals surface area (Å²) in [5.74, 6) is 1.85. The van der Waals surface area contributed by atoms with Crippen molar-refractivity contribution in [2.75, 3.05) is 0 Å². The molecule has 58 valence electrons. The molecule has 2 unspecified atom stereocenters. The van der Waals surface area contributed by atoms with Crippen molar-refractivity contribution in [3.8, 4) is 0 Å². The van der Waals surface area contributed by atoms with Crippen LogP contribution in [-0.4, -0.2) is 0 Å². The van der Waals surface area contributed by atoms with Crippen molar-refractivity contribution in [3.05, 3.63) is 12.2 Å². The third kappa shape index (κ3) is 1.62. The second-order valence-corrected chi connectivity index (χ2v) is 3.63. The first-order valence-electron chi connectivity index (χ1n) is 4.39. The maximum absolute atomic E-state index is 4.01. The molecular formula is C10H18. The molecular weight excluding hydrogens is 120 g/mol. The van der Waals surface area contributed by atoms with Crippen LogP contribution < -0.4 is 0 Å². The molecule has 0 amide bonds.